The molecule has 0 amide bonds. The van der Waals surface area contributed by atoms with Crippen LogP contribution in [0, 0.1) is 6.92 Å². The lowest BCUT2D eigenvalue weighted by Crippen LogP contribution is -2.24. The van der Waals surface area contributed by atoms with Crippen LogP contribution in [-0.2, 0) is 4.84 Å². The molecule has 2 aromatic rings. The van der Waals surface area contributed by atoms with Crippen molar-refractivity contribution in [3.8, 4) is 0 Å². The van der Waals surface area contributed by atoms with Crippen molar-refractivity contribution in [1.82, 2.24) is 19.9 Å². The van der Waals surface area contributed by atoms with Crippen LogP contribution < -0.4 is 10.8 Å². The molecule has 1 unspecified atom stereocenters. The summed E-state index contributed by atoms with van der Waals surface area (Å²) in [4.78, 5) is 22.6. The number of nitrogens with one attached hydrogen (secondary N) is 2. The molecule has 8 nitrogen and oxygen atoms in total. The standard InChI is InChI=1S/C19H25FN6O2/c1-11-10-12(8-9-21-11)22-17-23-16(13-6-5-7-14(27)15(13)20)24-18(25-17)26-28-19(2,3)4/h8-10,14,27H,5-7H2,1-4H3,(H2,21,22,23,24,25,26). The maximum Gasteiger partial charge on any atom is 0.252 e. The van der Waals surface area contributed by atoms with E-state index < -0.39 is 17.5 Å². The van der Waals surface area contributed by atoms with Gasteiger partial charge in [0.1, 0.15) is 11.9 Å². The number of aliphatic hydroxyl groups is 1. The highest BCUT2D eigenvalue weighted by molar-refractivity contribution is 5.66. The van der Waals surface area contributed by atoms with Crippen molar-refractivity contribution in [2.24, 2.45) is 0 Å². The van der Waals surface area contributed by atoms with Crippen LogP contribution in [0.3, 0.4) is 0 Å². The van der Waals surface area contributed by atoms with E-state index in [1.54, 1.807) is 12.3 Å². The fourth-order valence-corrected chi connectivity index (χ4v) is 2.70. The minimum absolute atomic E-state index is 0.147. The topological polar surface area (TPSA) is 105 Å². The number of anilines is 3. The molecule has 0 saturated heterocycles. The van der Waals surface area contributed by atoms with Gasteiger partial charge in [-0.3, -0.25) is 9.82 Å². The number of rotatable bonds is 5. The molecule has 0 radical (unpaired) electrons. The largest absolute Gasteiger partial charge is 0.386 e. The fourth-order valence-electron chi connectivity index (χ4n) is 2.70. The van der Waals surface area contributed by atoms with E-state index in [9.17, 15) is 9.50 Å². The number of aryl methyl sites for hydroxylation is 1. The number of pyridine rings is 1. The molecular weight excluding hydrogens is 363 g/mol. The summed E-state index contributed by atoms with van der Waals surface area (Å²) >= 11 is 0. The van der Waals surface area contributed by atoms with Gasteiger partial charge in [0.15, 0.2) is 5.82 Å². The normalized spacial score (nSPS) is 17.6. The van der Waals surface area contributed by atoms with Gasteiger partial charge in [-0.1, -0.05) is 0 Å². The number of aliphatic hydroxyl groups excluding tert-OH is 1. The molecule has 1 aliphatic rings. The molecule has 0 spiro atoms. The highest BCUT2D eigenvalue weighted by Gasteiger charge is 2.25. The first-order valence-corrected chi connectivity index (χ1v) is 9.18. The lowest BCUT2D eigenvalue weighted by molar-refractivity contribution is 0.0358. The first-order valence-electron chi connectivity index (χ1n) is 9.18. The van der Waals surface area contributed by atoms with Gasteiger partial charge in [0.2, 0.25) is 5.95 Å². The molecule has 0 aromatic carbocycles. The van der Waals surface area contributed by atoms with Crippen molar-refractivity contribution in [3.63, 3.8) is 0 Å². The van der Waals surface area contributed by atoms with Gasteiger partial charge in [-0.05, 0) is 59.1 Å². The van der Waals surface area contributed by atoms with Gasteiger partial charge in [-0.2, -0.15) is 15.0 Å². The lowest BCUT2D eigenvalue weighted by Gasteiger charge is -2.21. The zero-order valence-electron chi connectivity index (χ0n) is 16.5. The van der Waals surface area contributed by atoms with Crippen LogP contribution in [0.15, 0.2) is 24.2 Å². The monoisotopic (exact) mass is 388 g/mol. The van der Waals surface area contributed by atoms with Gasteiger partial charge >= 0.3 is 0 Å². The van der Waals surface area contributed by atoms with Crippen LogP contribution in [0.1, 0.15) is 51.6 Å². The molecule has 3 rings (SSSR count). The summed E-state index contributed by atoms with van der Waals surface area (Å²) in [5.74, 6) is -0.0464. The summed E-state index contributed by atoms with van der Waals surface area (Å²) in [5.41, 5.74) is 4.09. The quantitative estimate of drug-likeness (QED) is 0.666. The van der Waals surface area contributed by atoms with Gasteiger partial charge in [-0.25, -0.2) is 9.87 Å². The summed E-state index contributed by atoms with van der Waals surface area (Å²) in [5, 5.41) is 12.9. The molecule has 0 fully saturated rings. The molecule has 1 atom stereocenters. The Kier molecular flexibility index (Phi) is 5.85. The molecule has 150 valence electrons. The predicted molar refractivity (Wildman–Crippen MR) is 104 cm³/mol. The van der Waals surface area contributed by atoms with Crippen LogP contribution in [0.4, 0.5) is 22.0 Å². The highest BCUT2D eigenvalue weighted by Crippen LogP contribution is 2.32. The highest BCUT2D eigenvalue weighted by atomic mass is 19.1. The third-order valence-electron chi connectivity index (χ3n) is 3.99. The second-order valence-electron chi connectivity index (χ2n) is 7.67. The predicted octanol–water partition coefficient (Wildman–Crippen LogP) is 3.69. The minimum Gasteiger partial charge on any atom is -0.386 e. The van der Waals surface area contributed by atoms with Crippen molar-refractivity contribution in [3.05, 3.63) is 35.7 Å². The Morgan fingerprint density at radius 1 is 1.21 bits per heavy atom. The Balaban J connectivity index is 1.97. The Morgan fingerprint density at radius 2 is 1.96 bits per heavy atom. The average molecular weight is 388 g/mol. The van der Waals surface area contributed by atoms with Crippen LogP contribution in [0.2, 0.25) is 0 Å². The van der Waals surface area contributed by atoms with Crippen molar-refractivity contribution in [2.45, 2.75) is 58.7 Å². The number of aromatic nitrogens is 4. The third-order valence-corrected chi connectivity index (χ3v) is 3.99. The average Bonchev–Trinajstić information content (AvgIpc) is 2.61. The summed E-state index contributed by atoms with van der Waals surface area (Å²) in [7, 11) is 0. The van der Waals surface area contributed by atoms with Crippen molar-refractivity contribution >= 4 is 23.2 Å². The van der Waals surface area contributed by atoms with Crippen molar-refractivity contribution < 1.29 is 14.3 Å². The van der Waals surface area contributed by atoms with Gasteiger partial charge in [-0.15, -0.1) is 0 Å². The second kappa shape index (κ2) is 8.15. The number of nitrogens with zero attached hydrogens (tertiary/aromatic N) is 4. The lowest BCUT2D eigenvalue weighted by atomic mass is 9.96. The number of halogens is 1. The maximum atomic E-state index is 14.5. The van der Waals surface area contributed by atoms with E-state index in [-0.39, 0.29) is 23.3 Å². The summed E-state index contributed by atoms with van der Waals surface area (Å²) in [6, 6.07) is 3.62. The van der Waals surface area contributed by atoms with Gasteiger partial charge in [0, 0.05) is 23.2 Å². The Labute approximate surface area is 163 Å². The van der Waals surface area contributed by atoms with Gasteiger partial charge in [0.05, 0.1) is 5.60 Å². The van der Waals surface area contributed by atoms with E-state index in [4.69, 9.17) is 4.84 Å². The summed E-state index contributed by atoms with van der Waals surface area (Å²) in [6.07, 6.45) is 2.03. The molecule has 3 N–H and O–H groups in total. The maximum absolute atomic E-state index is 14.5. The van der Waals surface area contributed by atoms with Gasteiger partial charge < -0.3 is 10.4 Å². The zero-order chi connectivity index (χ0) is 20.3. The summed E-state index contributed by atoms with van der Waals surface area (Å²) < 4.78 is 14.5. The molecule has 0 bridgehead atoms. The fraction of sp³-hybridized carbons (Fsp3) is 0.474. The Bertz CT molecular complexity index is 881. The SMILES string of the molecule is Cc1cc(Nc2nc(NOC(C)(C)C)nc(C3=C(F)C(O)CCC3)n2)ccn1. The molecule has 1 aliphatic carbocycles. The van der Waals surface area contributed by atoms with E-state index in [1.807, 2.05) is 33.8 Å². The third kappa shape index (κ3) is 5.20. The van der Waals surface area contributed by atoms with E-state index in [1.165, 1.54) is 0 Å². The smallest absolute Gasteiger partial charge is 0.252 e. The van der Waals surface area contributed by atoms with Gasteiger partial charge in [0.25, 0.3) is 5.95 Å². The van der Waals surface area contributed by atoms with Crippen LogP contribution >= 0.6 is 0 Å². The number of hydrogen-bond donors (Lipinski definition) is 3. The molecule has 2 heterocycles. The Morgan fingerprint density at radius 3 is 2.68 bits per heavy atom. The molecular formula is C19H25FN6O2. The molecule has 0 saturated carbocycles. The summed E-state index contributed by atoms with van der Waals surface area (Å²) in [6.45, 7) is 7.50. The van der Waals surface area contributed by atoms with Crippen LogP contribution in [-0.4, -0.2) is 36.7 Å². The first kappa shape index (κ1) is 20.1. The number of hydrogen-bond acceptors (Lipinski definition) is 8. The Hall–Kier alpha value is -2.65. The molecule has 0 aliphatic heterocycles. The molecule has 9 heteroatoms. The van der Waals surface area contributed by atoms with E-state index in [2.05, 4.69) is 30.7 Å². The van der Waals surface area contributed by atoms with Crippen LogP contribution in [0.5, 0.6) is 0 Å². The van der Waals surface area contributed by atoms with Crippen molar-refractivity contribution in [2.75, 3.05) is 10.8 Å². The molecule has 2 aromatic heterocycles. The first-order chi connectivity index (χ1) is 13.2. The van der Waals surface area contributed by atoms with E-state index in [0.29, 0.717) is 19.3 Å². The second-order valence-corrected chi connectivity index (χ2v) is 7.67. The number of allylic oxidation sites excluding steroid dienone is 1. The van der Waals surface area contributed by atoms with E-state index in [0.717, 1.165) is 11.4 Å². The van der Waals surface area contributed by atoms with Crippen LogP contribution in [0.25, 0.3) is 5.57 Å². The zero-order valence-corrected chi connectivity index (χ0v) is 16.5. The minimum atomic E-state index is -1.12. The molecule has 28 heavy (non-hydrogen) atoms. The van der Waals surface area contributed by atoms with E-state index >= 15 is 0 Å². The van der Waals surface area contributed by atoms with Crippen molar-refractivity contribution in [1.29, 1.82) is 0 Å².